The highest BCUT2D eigenvalue weighted by Crippen LogP contribution is 2.28. The number of hydrogen-bond donors (Lipinski definition) is 0. The van der Waals surface area contributed by atoms with Crippen LogP contribution in [0.1, 0.15) is 54.0 Å². The second-order valence-corrected chi connectivity index (χ2v) is 8.16. The molecule has 0 bridgehead atoms. The third kappa shape index (κ3) is 4.43. The van der Waals surface area contributed by atoms with Gasteiger partial charge in [0.2, 0.25) is 0 Å². The molecule has 0 saturated heterocycles. The molecule has 0 aliphatic carbocycles. The molecule has 1 aromatic carbocycles. The van der Waals surface area contributed by atoms with Gasteiger partial charge < -0.3 is 9.47 Å². The summed E-state index contributed by atoms with van der Waals surface area (Å²) in [5, 5.41) is 0.326. The molecule has 158 valence electrons. The summed E-state index contributed by atoms with van der Waals surface area (Å²) in [5.41, 5.74) is 1.00. The van der Waals surface area contributed by atoms with E-state index in [9.17, 15) is 14.4 Å². The molecule has 7 nitrogen and oxygen atoms in total. The van der Waals surface area contributed by atoms with Gasteiger partial charge in [-0.25, -0.2) is 14.6 Å². The molecule has 0 aliphatic rings. The summed E-state index contributed by atoms with van der Waals surface area (Å²) in [6.07, 6.45) is 1.44. The highest BCUT2D eigenvalue weighted by molar-refractivity contribution is 7.20. The summed E-state index contributed by atoms with van der Waals surface area (Å²) in [5.74, 6) is -0.984. The molecule has 3 rings (SSSR count). The van der Waals surface area contributed by atoms with E-state index in [4.69, 9.17) is 9.47 Å². The molecule has 0 aliphatic heterocycles. The van der Waals surface area contributed by atoms with Crippen molar-refractivity contribution in [1.29, 1.82) is 0 Å². The fraction of sp³-hybridized carbons (Fsp3) is 0.364. The molecule has 0 saturated carbocycles. The van der Waals surface area contributed by atoms with Crippen molar-refractivity contribution in [2.24, 2.45) is 0 Å². The quantitative estimate of drug-likeness (QED) is 0.528. The van der Waals surface area contributed by atoms with Gasteiger partial charge in [0, 0.05) is 0 Å². The maximum Gasteiger partial charge on any atom is 0.348 e. The first kappa shape index (κ1) is 21.7. The first-order valence-electron chi connectivity index (χ1n) is 9.75. The minimum absolute atomic E-state index is 0.128. The van der Waals surface area contributed by atoms with E-state index >= 15 is 0 Å². The van der Waals surface area contributed by atoms with Crippen molar-refractivity contribution in [2.75, 3.05) is 0 Å². The zero-order valence-electron chi connectivity index (χ0n) is 17.4. The summed E-state index contributed by atoms with van der Waals surface area (Å²) < 4.78 is 12.0. The number of fused-ring (bicyclic) bond motifs is 1. The van der Waals surface area contributed by atoms with Gasteiger partial charge in [-0.05, 0) is 38.3 Å². The molecule has 0 amide bonds. The van der Waals surface area contributed by atoms with E-state index in [-0.39, 0.29) is 18.3 Å². The molecule has 2 heterocycles. The molecule has 1 unspecified atom stereocenters. The Balaban J connectivity index is 1.91. The van der Waals surface area contributed by atoms with E-state index in [1.165, 1.54) is 10.9 Å². The smallest absolute Gasteiger partial charge is 0.348 e. The number of carbonyl (C=O) groups excluding carboxylic acids is 2. The Labute approximate surface area is 178 Å². The Morgan fingerprint density at radius 1 is 1.20 bits per heavy atom. The molecule has 0 radical (unpaired) electrons. The maximum atomic E-state index is 13.2. The van der Waals surface area contributed by atoms with Crippen LogP contribution in [0.3, 0.4) is 0 Å². The predicted octanol–water partition coefficient (Wildman–Crippen LogP) is 4.03. The number of nitrogens with zero attached hydrogens (tertiary/aromatic N) is 2. The van der Waals surface area contributed by atoms with E-state index in [0.29, 0.717) is 27.1 Å². The lowest BCUT2D eigenvalue weighted by atomic mass is 10.2. The maximum absolute atomic E-state index is 13.2. The van der Waals surface area contributed by atoms with Gasteiger partial charge in [0.1, 0.15) is 22.4 Å². The van der Waals surface area contributed by atoms with E-state index in [2.05, 4.69) is 4.98 Å². The van der Waals surface area contributed by atoms with Crippen molar-refractivity contribution in [3.8, 4) is 0 Å². The van der Waals surface area contributed by atoms with Gasteiger partial charge in [-0.3, -0.25) is 9.36 Å². The van der Waals surface area contributed by atoms with Crippen LogP contribution < -0.4 is 5.56 Å². The summed E-state index contributed by atoms with van der Waals surface area (Å²) in [7, 11) is 0. The normalized spacial score (nSPS) is 12.2. The van der Waals surface area contributed by atoms with Gasteiger partial charge in [0.05, 0.1) is 17.8 Å². The van der Waals surface area contributed by atoms with Crippen LogP contribution in [-0.4, -0.2) is 27.6 Å². The van der Waals surface area contributed by atoms with Crippen LogP contribution in [0.2, 0.25) is 0 Å². The van der Waals surface area contributed by atoms with E-state index < -0.39 is 18.0 Å². The molecule has 3 aromatic rings. The summed E-state index contributed by atoms with van der Waals surface area (Å²) in [4.78, 5) is 43.3. The van der Waals surface area contributed by atoms with Crippen LogP contribution in [0.4, 0.5) is 0 Å². The zero-order valence-corrected chi connectivity index (χ0v) is 18.2. The van der Waals surface area contributed by atoms with Crippen molar-refractivity contribution in [3.63, 3.8) is 0 Å². The minimum Gasteiger partial charge on any atom is -0.459 e. The van der Waals surface area contributed by atoms with Crippen LogP contribution in [0.25, 0.3) is 10.2 Å². The molecule has 2 aromatic heterocycles. The standard InChI is InChI=1S/C22H24N2O5S/c1-5-16(21(26)28-11-15-9-7-6-8-10-15)24-12-23-19-17(20(24)25)14(4)18(30-19)22(27)29-13(2)3/h6-10,12-13,16H,5,11H2,1-4H3. The van der Waals surface area contributed by atoms with E-state index in [1.54, 1.807) is 27.7 Å². The number of aryl methyl sites for hydroxylation is 1. The van der Waals surface area contributed by atoms with Crippen molar-refractivity contribution in [3.05, 3.63) is 63.0 Å². The average molecular weight is 429 g/mol. The molecule has 0 spiro atoms. The van der Waals surface area contributed by atoms with Crippen molar-refractivity contribution in [1.82, 2.24) is 9.55 Å². The molecular weight excluding hydrogens is 404 g/mol. The third-order valence-corrected chi connectivity index (χ3v) is 5.80. The summed E-state index contributed by atoms with van der Waals surface area (Å²) in [6.45, 7) is 7.15. The Hall–Kier alpha value is -3.00. The average Bonchev–Trinajstić information content (AvgIpc) is 3.06. The summed E-state index contributed by atoms with van der Waals surface area (Å²) >= 11 is 1.12. The second-order valence-electron chi connectivity index (χ2n) is 7.16. The third-order valence-electron chi connectivity index (χ3n) is 4.62. The highest BCUT2D eigenvalue weighted by Gasteiger charge is 2.26. The fourth-order valence-electron chi connectivity index (χ4n) is 3.12. The predicted molar refractivity (Wildman–Crippen MR) is 115 cm³/mol. The Bertz CT molecular complexity index is 1120. The molecule has 0 fully saturated rings. The van der Waals surface area contributed by atoms with E-state index in [0.717, 1.165) is 16.9 Å². The first-order valence-corrected chi connectivity index (χ1v) is 10.6. The zero-order chi connectivity index (χ0) is 21.8. The molecular formula is C22H24N2O5S. The minimum atomic E-state index is -0.802. The number of ether oxygens (including phenoxy) is 2. The lowest BCUT2D eigenvalue weighted by molar-refractivity contribution is -0.149. The Morgan fingerprint density at radius 3 is 2.53 bits per heavy atom. The van der Waals surface area contributed by atoms with Crippen LogP contribution >= 0.6 is 11.3 Å². The van der Waals surface area contributed by atoms with Crippen LogP contribution in [0, 0.1) is 6.92 Å². The molecule has 1 atom stereocenters. The van der Waals surface area contributed by atoms with E-state index in [1.807, 2.05) is 30.3 Å². The lowest BCUT2D eigenvalue weighted by Crippen LogP contribution is -2.31. The van der Waals surface area contributed by atoms with Crippen molar-refractivity contribution >= 4 is 33.5 Å². The number of thiophene rings is 1. The monoisotopic (exact) mass is 428 g/mol. The van der Waals surface area contributed by atoms with Crippen LogP contribution in [-0.2, 0) is 20.9 Å². The van der Waals surface area contributed by atoms with Gasteiger partial charge >= 0.3 is 11.9 Å². The number of esters is 2. The summed E-state index contributed by atoms with van der Waals surface area (Å²) in [6, 6.07) is 8.54. The lowest BCUT2D eigenvalue weighted by Gasteiger charge is -2.17. The second kappa shape index (κ2) is 9.21. The Morgan fingerprint density at radius 2 is 1.90 bits per heavy atom. The Kier molecular flexibility index (Phi) is 6.66. The molecule has 0 N–H and O–H groups in total. The van der Waals surface area contributed by atoms with Gasteiger partial charge in [-0.15, -0.1) is 11.3 Å². The number of benzene rings is 1. The molecule has 8 heteroatoms. The van der Waals surface area contributed by atoms with Gasteiger partial charge in [0.25, 0.3) is 5.56 Å². The van der Waals surface area contributed by atoms with Gasteiger partial charge in [0.15, 0.2) is 0 Å². The number of rotatable bonds is 7. The van der Waals surface area contributed by atoms with Crippen molar-refractivity contribution in [2.45, 2.75) is 52.9 Å². The molecule has 30 heavy (non-hydrogen) atoms. The van der Waals surface area contributed by atoms with Crippen molar-refractivity contribution < 1.29 is 19.1 Å². The van der Waals surface area contributed by atoms with Crippen LogP contribution in [0.5, 0.6) is 0 Å². The highest BCUT2D eigenvalue weighted by atomic mass is 32.1. The number of carbonyl (C=O) groups is 2. The van der Waals surface area contributed by atoms with Crippen LogP contribution in [0.15, 0.2) is 41.5 Å². The SMILES string of the molecule is CCC(C(=O)OCc1ccccc1)n1cnc2sc(C(=O)OC(C)C)c(C)c2c1=O. The first-order chi connectivity index (χ1) is 14.3. The van der Waals surface area contributed by atoms with Gasteiger partial charge in [-0.2, -0.15) is 0 Å². The number of hydrogen-bond acceptors (Lipinski definition) is 7. The largest absolute Gasteiger partial charge is 0.459 e. The number of aromatic nitrogens is 2. The van der Waals surface area contributed by atoms with Gasteiger partial charge in [-0.1, -0.05) is 37.3 Å². The fourth-order valence-corrected chi connectivity index (χ4v) is 4.15. The topological polar surface area (TPSA) is 87.5 Å².